The number of hydrogen-bond donors (Lipinski definition) is 2. The van der Waals surface area contributed by atoms with Crippen LogP contribution in [0.3, 0.4) is 0 Å². The fourth-order valence-corrected chi connectivity index (χ4v) is 5.14. The third kappa shape index (κ3) is 3.91. The van der Waals surface area contributed by atoms with E-state index in [0.717, 1.165) is 51.6 Å². The van der Waals surface area contributed by atoms with Crippen molar-refractivity contribution in [2.24, 2.45) is 0 Å². The Labute approximate surface area is 150 Å². The summed E-state index contributed by atoms with van der Waals surface area (Å²) in [6.07, 6.45) is 10.0. The highest BCUT2D eigenvalue weighted by Gasteiger charge is 2.32. The molecule has 2 fully saturated rings. The minimum atomic E-state index is -0.133. The molecule has 4 rings (SSSR count). The van der Waals surface area contributed by atoms with Crippen LogP contribution in [0.25, 0.3) is 0 Å². The zero-order valence-corrected chi connectivity index (χ0v) is 15.1. The van der Waals surface area contributed by atoms with Crippen LogP contribution in [0.5, 0.6) is 0 Å². The van der Waals surface area contributed by atoms with Crippen LogP contribution in [-0.4, -0.2) is 41.3 Å². The van der Waals surface area contributed by atoms with Crippen LogP contribution in [0.4, 0.5) is 4.39 Å². The van der Waals surface area contributed by atoms with Gasteiger partial charge in [0.05, 0.1) is 6.10 Å². The Morgan fingerprint density at radius 2 is 1.80 bits per heavy atom. The van der Waals surface area contributed by atoms with Gasteiger partial charge in [0, 0.05) is 31.2 Å². The van der Waals surface area contributed by atoms with Gasteiger partial charge in [-0.15, -0.1) is 0 Å². The molecule has 2 aliphatic carbocycles. The monoisotopic (exact) mass is 346 g/mol. The van der Waals surface area contributed by atoms with E-state index in [2.05, 4.69) is 10.2 Å². The first-order valence-electron chi connectivity index (χ1n) is 10.2. The van der Waals surface area contributed by atoms with E-state index in [1.165, 1.54) is 30.4 Å². The zero-order valence-electron chi connectivity index (χ0n) is 15.1. The summed E-state index contributed by atoms with van der Waals surface area (Å²) in [6, 6.07) is 6.48. The van der Waals surface area contributed by atoms with Crippen molar-refractivity contribution in [3.05, 3.63) is 35.1 Å². The number of nitrogens with one attached hydrogen (secondary N) is 1. The van der Waals surface area contributed by atoms with Gasteiger partial charge in [-0.05, 0) is 68.2 Å². The van der Waals surface area contributed by atoms with Crippen molar-refractivity contribution in [1.29, 1.82) is 0 Å². The van der Waals surface area contributed by atoms with E-state index in [-0.39, 0.29) is 11.9 Å². The summed E-state index contributed by atoms with van der Waals surface area (Å²) in [5.74, 6) is -0.117. The number of likely N-dealkylation sites (tertiary alicyclic amines) is 1. The lowest BCUT2D eigenvalue weighted by Crippen LogP contribution is -2.52. The van der Waals surface area contributed by atoms with Crippen LogP contribution in [0.15, 0.2) is 18.2 Å². The maximum absolute atomic E-state index is 13.7. The highest BCUT2D eigenvalue weighted by molar-refractivity contribution is 5.33. The minimum Gasteiger partial charge on any atom is -0.391 e. The van der Waals surface area contributed by atoms with Crippen LogP contribution in [-0.2, 0) is 6.42 Å². The van der Waals surface area contributed by atoms with Crippen molar-refractivity contribution in [2.75, 3.05) is 13.1 Å². The summed E-state index contributed by atoms with van der Waals surface area (Å²) < 4.78 is 13.7. The largest absolute Gasteiger partial charge is 0.391 e. The maximum Gasteiger partial charge on any atom is 0.123 e. The first-order valence-corrected chi connectivity index (χ1v) is 10.2. The molecule has 25 heavy (non-hydrogen) atoms. The lowest BCUT2D eigenvalue weighted by molar-refractivity contribution is 0.00648. The molecule has 3 nitrogen and oxygen atoms in total. The van der Waals surface area contributed by atoms with Crippen molar-refractivity contribution >= 4 is 0 Å². The molecule has 3 aliphatic rings. The number of benzene rings is 1. The fraction of sp³-hybridized carbons (Fsp3) is 0.714. The SMILES string of the molecule is OC1CCCCC1N1CCC(NC2CCCc3ccc(F)cc32)CC1. The normalized spacial score (nSPS) is 31.7. The van der Waals surface area contributed by atoms with Crippen LogP contribution in [0.1, 0.15) is 68.5 Å². The van der Waals surface area contributed by atoms with Crippen molar-refractivity contribution in [2.45, 2.75) is 82.0 Å². The van der Waals surface area contributed by atoms with Gasteiger partial charge in [-0.25, -0.2) is 4.39 Å². The molecular formula is C21H31FN2O. The number of rotatable bonds is 3. The van der Waals surface area contributed by atoms with Gasteiger partial charge in [0.25, 0.3) is 0 Å². The number of fused-ring (bicyclic) bond motifs is 1. The van der Waals surface area contributed by atoms with Crippen molar-refractivity contribution < 1.29 is 9.50 Å². The van der Waals surface area contributed by atoms with Gasteiger partial charge < -0.3 is 10.4 Å². The molecule has 2 N–H and O–H groups in total. The van der Waals surface area contributed by atoms with Gasteiger partial charge in [-0.1, -0.05) is 18.9 Å². The molecule has 0 bridgehead atoms. The molecule has 138 valence electrons. The quantitative estimate of drug-likeness (QED) is 0.878. The number of hydrogen-bond acceptors (Lipinski definition) is 3. The molecule has 0 aromatic heterocycles. The summed E-state index contributed by atoms with van der Waals surface area (Å²) in [5, 5.41) is 14.1. The molecule has 1 aliphatic heterocycles. The molecule has 3 atom stereocenters. The molecule has 0 spiro atoms. The Kier molecular flexibility index (Phi) is 5.39. The molecular weight excluding hydrogens is 315 g/mol. The van der Waals surface area contributed by atoms with Crippen LogP contribution in [0, 0.1) is 5.82 Å². The average Bonchev–Trinajstić information content (AvgIpc) is 2.63. The van der Waals surface area contributed by atoms with Crippen LogP contribution < -0.4 is 5.32 Å². The lowest BCUT2D eigenvalue weighted by Gasteiger charge is -2.42. The predicted molar refractivity (Wildman–Crippen MR) is 98.1 cm³/mol. The van der Waals surface area contributed by atoms with Crippen molar-refractivity contribution in [3.63, 3.8) is 0 Å². The average molecular weight is 346 g/mol. The molecule has 1 saturated heterocycles. The van der Waals surface area contributed by atoms with Gasteiger partial charge >= 0.3 is 0 Å². The van der Waals surface area contributed by atoms with Crippen LogP contribution in [0.2, 0.25) is 0 Å². The van der Waals surface area contributed by atoms with Gasteiger partial charge in [-0.3, -0.25) is 4.90 Å². The second-order valence-electron chi connectivity index (χ2n) is 8.18. The van der Waals surface area contributed by atoms with E-state index < -0.39 is 0 Å². The standard InChI is InChI=1S/C21H31FN2O/c22-16-9-8-15-4-3-5-19(18(15)14-16)23-17-10-12-24(13-11-17)20-6-1-2-7-21(20)25/h8-9,14,17,19-21,23,25H,1-7,10-13H2. The van der Waals surface area contributed by atoms with E-state index in [1.807, 2.05) is 6.07 Å². The topological polar surface area (TPSA) is 35.5 Å². The number of aliphatic hydroxyl groups excluding tert-OH is 1. The highest BCUT2D eigenvalue weighted by Crippen LogP contribution is 2.32. The molecule has 3 unspecified atom stereocenters. The first kappa shape index (κ1) is 17.4. The fourth-order valence-electron chi connectivity index (χ4n) is 5.14. The maximum atomic E-state index is 13.7. The number of halogens is 1. The minimum absolute atomic E-state index is 0.117. The van der Waals surface area contributed by atoms with E-state index >= 15 is 0 Å². The Morgan fingerprint density at radius 3 is 2.60 bits per heavy atom. The van der Waals surface area contributed by atoms with Crippen molar-refractivity contribution in [1.82, 2.24) is 10.2 Å². The Bertz CT molecular complexity index is 585. The molecule has 1 saturated carbocycles. The Morgan fingerprint density at radius 1 is 1.00 bits per heavy atom. The van der Waals surface area contributed by atoms with Gasteiger partial charge in [0.2, 0.25) is 0 Å². The van der Waals surface area contributed by atoms with Gasteiger partial charge in [-0.2, -0.15) is 0 Å². The summed E-state index contributed by atoms with van der Waals surface area (Å²) >= 11 is 0. The highest BCUT2D eigenvalue weighted by atomic mass is 19.1. The number of aliphatic hydroxyl groups is 1. The first-order chi connectivity index (χ1) is 12.2. The second kappa shape index (κ2) is 7.73. The Hall–Kier alpha value is -0.970. The lowest BCUT2D eigenvalue weighted by atomic mass is 9.86. The molecule has 1 aromatic carbocycles. The third-order valence-corrected chi connectivity index (χ3v) is 6.55. The zero-order chi connectivity index (χ0) is 17.2. The van der Waals surface area contributed by atoms with E-state index in [9.17, 15) is 9.50 Å². The molecule has 0 amide bonds. The summed E-state index contributed by atoms with van der Waals surface area (Å²) in [4.78, 5) is 2.51. The summed E-state index contributed by atoms with van der Waals surface area (Å²) in [6.45, 7) is 2.14. The summed E-state index contributed by atoms with van der Waals surface area (Å²) in [7, 11) is 0. The number of aryl methyl sites for hydroxylation is 1. The van der Waals surface area contributed by atoms with Crippen LogP contribution >= 0.6 is 0 Å². The second-order valence-corrected chi connectivity index (χ2v) is 8.18. The third-order valence-electron chi connectivity index (χ3n) is 6.55. The molecule has 0 radical (unpaired) electrons. The Balaban J connectivity index is 1.34. The molecule has 1 heterocycles. The molecule has 1 aromatic rings. The van der Waals surface area contributed by atoms with Gasteiger partial charge in [0.1, 0.15) is 5.82 Å². The number of piperidine rings is 1. The van der Waals surface area contributed by atoms with Gasteiger partial charge in [0.15, 0.2) is 0 Å². The number of nitrogens with zero attached hydrogens (tertiary/aromatic N) is 1. The van der Waals surface area contributed by atoms with Crippen molar-refractivity contribution in [3.8, 4) is 0 Å². The molecule has 4 heteroatoms. The van der Waals surface area contributed by atoms with E-state index in [0.29, 0.717) is 18.1 Å². The van der Waals surface area contributed by atoms with E-state index in [1.54, 1.807) is 12.1 Å². The predicted octanol–water partition coefficient (Wildman–Crippen LogP) is 3.56. The summed E-state index contributed by atoms with van der Waals surface area (Å²) in [5.41, 5.74) is 2.49. The smallest absolute Gasteiger partial charge is 0.123 e. The van der Waals surface area contributed by atoms with E-state index in [4.69, 9.17) is 0 Å².